The highest BCUT2D eigenvalue weighted by molar-refractivity contribution is 9.10. The Morgan fingerprint density at radius 1 is 1.00 bits per heavy atom. The molecule has 4 rings (SSSR count). The third-order valence-electron chi connectivity index (χ3n) is 5.16. The van der Waals surface area contributed by atoms with Crippen LogP contribution in [-0.2, 0) is 16.0 Å². The molecule has 0 saturated carbocycles. The molecule has 0 unspecified atom stereocenters. The van der Waals surface area contributed by atoms with Crippen LogP contribution in [0.5, 0.6) is 5.75 Å². The number of rotatable bonds is 5. The van der Waals surface area contributed by atoms with E-state index in [0.717, 1.165) is 21.7 Å². The molecule has 1 N–H and O–H groups in total. The summed E-state index contributed by atoms with van der Waals surface area (Å²) in [5.41, 5.74) is 1.97. The van der Waals surface area contributed by atoms with Gasteiger partial charge in [-0.15, -0.1) is 0 Å². The zero-order chi connectivity index (χ0) is 23.5. The zero-order valence-corrected chi connectivity index (χ0v) is 19.1. The number of hydrogen-bond donors (Lipinski definition) is 1. The van der Waals surface area contributed by atoms with Gasteiger partial charge in [0, 0.05) is 10.9 Å². The highest BCUT2D eigenvalue weighted by atomic mass is 79.9. The van der Waals surface area contributed by atoms with Crippen LogP contribution >= 0.6 is 15.9 Å². The fraction of sp³-hybridized carbons (Fsp3) is 0.0800. The van der Waals surface area contributed by atoms with Crippen molar-refractivity contribution in [3.63, 3.8) is 0 Å². The lowest BCUT2D eigenvalue weighted by atomic mass is 10.0. The third-order valence-corrected chi connectivity index (χ3v) is 5.93. The molecule has 3 aromatic rings. The number of carbonyl (C=O) groups excluding carboxylic acids is 3. The SMILES string of the molecule is COc1cc(/C=C2/C(=O)NC(=O)N(c3ccccc3F)C2=O)ccc1Cc1ccccc1Br. The number of anilines is 1. The lowest BCUT2D eigenvalue weighted by Crippen LogP contribution is -2.54. The molecule has 33 heavy (non-hydrogen) atoms. The van der Waals surface area contributed by atoms with Crippen LogP contribution in [0.25, 0.3) is 6.08 Å². The monoisotopic (exact) mass is 508 g/mol. The second-order valence-corrected chi connectivity index (χ2v) is 8.10. The maximum Gasteiger partial charge on any atom is 0.336 e. The van der Waals surface area contributed by atoms with Crippen LogP contribution in [0.15, 0.2) is 76.8 Å². The van der Waals surface area contributed by atoms with Gasteiger partial charge in [0.2, 0.25) is 0 Å². The number of nitrogens with zero attached hydrogens (tertiary/aromatic N) is 1. The molecule has 8 heteroatoms. The molecule has 1 saturated heterocycles. The van der Waals surface area contributed by atoms with E-state index in [1.165, 1.54) is 31.4 Å². The number of hydrogen-bond acceptors (Lipinski definition) is 4. The third kappa shape index (κ3) is 4.56. The van der Waals surface area contributed by atoms with E-state index in [0.29, 0.717) is 22.6 Å². The van der Waals surface area contributed by atoms with Crippen molar-refractivity contribution in [3.8, 4) is 5.75 Å². The van der Waals surface area contributed by atoms with Crippen molar-refractivity contribution in [1.82, 2.24) is 5.32 Å². The van der Waals surface area contributed by atoms with Crippen LogP contribution in [0.4, 0.5) is 14.9 Å². The Hall–Kier alpha value is -3.78. The van der Waals surface area contributed by atoms with E-state index in [9.17, 15) is 18.8 Å². The Bertz CT molecular complexity index is 1310. The largest absolute Gasteiger partial charge is 0.496 e. The molecule has 3 aromatic carbocycles. The molecular weight excluding hydrogens is 491 g/mol. The van der Waals surface area contributed by atoms with Crippen molar-refractivity contribution in [3.05, 3.63) is 99.3 Å². The molecule has 166 valence electrons. The molecule has 1 aliphatic rings. The number of barbiturate groups is 1. The van der Waals surface area contributed by atoms with E-state index >= 15 is 0 Å². The number of amides is 4. The Balaban J connectivity index is 1.68. The number of imide groups is 2. The van der Waals surface area contributed by atoms with Gasteiger partial charge in [0.1, 0.15) is 17.1 Å². The van der Waals surface area contributed by atoms with Gasteiger partial charge < -0.3 is 4.74 Å². The predicted octanol–water partition coefficient (Wildman–Crippen LogP) is 4.85. The predicted molar refractivity (Wildman–Crippen MR) is 125 cm³/mol. The average Bonchev–Trinajstić information content (AvgIpc) is 2.80. The summed E-state index contributed by atoms with van der Waals surface area (Å²) in [6, 6.07) is 17.5. The van der Waals surface area contributed by atoms with Gasteiger partial charge in [-0.05, 0) is 47.0 Å². The van der Waals surface area contributed by atoms with E-state index < -0.39 is 23.7 Å². The van der Waals surface area contributed by atoms with Gasteiger partial charge in [-0.25, -0.2) is 14.1 Å². The molecule has 6 nitrogen and oxygen atoms in total. The fourth-order valence-corrected chi connectivity index (χ4v) is 3.94. The molecule has 0 radical (unpaired) electrons. The summed E-state index contributed by atoms with van der Waals surface area (Å²) < 4.78 is 20.7. The second-order valence-electron chi connectivity index (χ2n) is 7.25. The summed E-state index contributed by atoms with van der Waals surface area (Å²) in [6.07, 6.45) is 1.96. The molecule has 0 bridgehead atoms. The van der Waals surface area contributed by atoms with E-state index in [4.69, 9.17) is 4.74 Å². The van der Waals surface area contributed by atoms with Crippen LogP contribution in [0.1, 0.15) is 16.7 Å². The van der Waals surface area contributed by atoms with Crippen molar-refractivity contribution < 1.29 is 23.5 Å². The van der Waals surface area contributed by atoms with Crippen molar-refractivity contribution in [2.24, 2.45) is 0 Å². The fourth-order valence-electron chi connectivity index (χ4n) is 3.52. The van der Waals surface area contributed by atoms with Crippen LogP contribution in [0, 0.1) is 5.82 Å². The molecule has 0 spiro atoms. The van der Waals surface area contributed by atoms with Crippen molar-refractivity contribution in [1.29, 1.82) is 0 Å². The van der Waals surface area contributed by atoms with Crippen LogP contribution < -0.4 is 15.0 Å². The summed E-state index contributed by atoms with van der Waals surface area (Å²) in [7, 11) is 1.53. The molecule has 0 aliphatic carbocycles. The van der Waals surface area contributed by atoms with E-state index in [1.54, 1.807) is 12.1 Å². The van der Waals surface area contributed by atoms with Gasteiger partial charge in [-0.3, -0.25) is 14.9 Å². The Labute approximate surface area is 197 Å². The first kappa shape index (κ1) is 22.4. The molecular formula is C25H18BrFN2O4. The highest BCUT2D eigenvalue weighted by Crippen LogP contribution is 2.29. The summed E-state index contributed by atoms with van der Waals surface area (Å²) >= 11 is 3.54. The Kier molecular flexibility index (Phi) is 6.37. The summed E-state index contributed by atoms with van der Waals surface area (Å²) in [6.45, 7) is 0. The smallest absolute Gasteiger partial charge is 0.336 e. The first-order valence-corrected chi connectivity index (χ1v) is 10.7. The van der Waals surface area contributed by atoms with Crippen LogP contribution in [0.3, 0.4) is 0 Å². The number of halogens is 2. The van der Waals surface area contributed by atoms with Gasteiger partial charge in [-0.1, -0.05) is 58.4 Å². The summed E-state index contributed by atoms with van der Waals surface area (Å²) in [5.74, 6) is -1.95. The lowest BCUT2D eigenvalue weighted by molar-refractivity contribution is -0.122. The number of methoxy groups -OCH3 is 1. The zero-order valence-electron chi connectivity index (χ0n) is 17.5. The number of benzene rings is 3. The van der Waals surface area contributed by atoms with E-state index in [2.05, 4.69) is 21.2 Å². The molecule has 0 aromatic heterocycles. The number of nitrogens with one attached hydrogen (secondary N) is 1. The number of ether oxygens (including phenoxy) is 1. The topological polar surface area (TPSA) is 75.7 Å². The minimum atomic E-state index is -1.01. The van der Waals surface area contributed by atoms with Gasteiger partial charge >= 0.3 is 6.03 Å². The molecule has 4 amide bonds. The van der Waals surface area contributed by atoms with Crippen LogP contribution in [0.2, 0.25) is 0 Å². The molecule has 1 aliphatic heterocycles. The van der Waals surface area contributed by atoms with E-state index in [1.807, 2.05) is 30.3 Å². The second kappa shape index (κ2) is 9.38. The lowest BCUT2D eigenvalue weighted by Gasteiger charge is -2.26. The Morgan fingerprint density at radius 2 is 1.73 bits per heavy atom. The maximum atomic E-state index is 14.2. The van der Waals surface area contributed by atoms with Crippen molar-refractivity contribution in [2.45, 2.75) is 6.42 Å². The summed E-state index contributed by atoms with van der Waals surface area (Å²) in [4.78, 5) is 38.3. The molecule has 1 fully saturated rings. The molecule has 0 atom stereocenters. The number of carbonyl (C=O) groups is 3. The quantitative estimate of drug-likeness (QED) is 0.394. The first-order chi connectivity index (χ1) is 15.9. The minimum Gasteiger partial charge on any atom is -0.496 e. The number of urea groups is 1. The Morgan fingerprint density at radius 3 is 2.45 bits per heavy atom. The normalized spacial score (nSPS) is 15.1. The number of para-hydroxylation sites is 1. The standard InChI is InChI=1S/C25H18BrFN2O4/c1-33-22-13-15(10-11-17(22)14-16-6-2-3-7-19(16)26)12-18-23(30)28-25(32)29(24(18)31)21-9-5-4-8-20(21)27/h2-13H,14H2,1H3,(H,28,30,32)/b18-12-. The minimum absolute atomic E-state index is 0.236. The van der Waals surface area contributed by atoms with E-state index in [-0.39, 0.29) is 11.3 Å². The van der Waals surface area contributed by atoms with Gasteiger partial charge in [0.05, 0.1) is 12.8 Å². The first-order valence-electron chi connectivity index (χ1n) is 9.95. The highest BCUT2D eigenvalue weighted by Gasteiger charge is 2.37. The van der Waals surface area contributed by atoms with Crippen molar-refractivity contribution >= 4 is 45.5 Å². The van der Waals surface area contributed by atoms with Gasteiger partial charge in [0.25, 0.3) is 11.8 Å². The average molecular weight is 509 g/mol. The maximum absolute atomic E-state index is 14.2. The van der Waals surface area contributed by atoms with Crippen LogP contribution in [-0.4, -0.2) is 25.0 Å². The van der Waals surface area contributed by atoms with Crippen molar-refractivity contribution in [2.75, 3.05) is 12.0 Å². The molecule has 1 heterocycles. The van der Waals surface area contributed by atoms with Gasteiger partial charge in [-0.2, -0.15) is 0 Å². The van der Waals surface area contributed by atoms with Gasteiger partial charge in [0.15, 0.2) is 0 Å². The summed E-state index contributed by atoms with van der Waals surface area (Å²) in [5, 5.41) is 2.09.